The normalized spacial score (nSPS) is 40.0. The molecule has 12 heteroatoms. The molecule has 0 radical (unpaired) electrons. The predicted molar refractivity (Wildman–Crippen MR) is 110 cm³/mol. The topological polar surface area (TPSA) is 125 Å². The van der Waals surface area contributed by atoms with Gasteiger partial charge in [-0.25, -0.2) is 4.79 Å². The van der Waals surface area contributed by atoms with Gasteiger partial charge in [0.15, 0.2) is 18.5 Å². The lowest BCUT2D eigenvalue weighted by molar-refractivity contribution is -0.319. The molecule has 34 heavy (non-hydrogen) atoms. The van der Waals surface area contributed by atoms with Gasteiger partial charge in [0.2, 0.25) is 0 Å². The second kappa shape index (κ2) is 8.35. The molecule has 3 atom stereocenters. The van der Waals surface area contributed by atoms with Crippen LogP contribution >= 0.6 is 0 Å². The summed E-state index contributed by atoms with van der Waals surface area (Å²) in [5.41, 5.74) is -0.556. The summed E-state index contributed by atoms with van der Waals surface area (Å²) in [4.78, 5) is 25.2. The fourth-order valence-electron chi connectivity index (χ4n) is 6.98. The Bertz CT molecular complexity index is 930. The Hall–Kier alpha value is -1.37. The summed E-state index contributed by atoms with van der Waals surface area (Å²) in [5.74, 6) is -2.29. The lowest BCUT2D eigenvalue weighted by Crippen LogP contribution is -2.65. The van der Waals surface area contributed by atoms with Crippen LogP contribution in [0.15, 0.2) is 0 Å². The number of carbonyl (C=O) groups excluding carboxylic acids is 2. The highest BCUT2D eigenvalue weighted by atomic mass is 32.2. The van der Waals surface area contributed by atoms with Crippen LogP contribution in [0, 0.1) is 23.7 Å². The summed E-state index contributed by atoms with van der Waals surface area (Å²) in [6, 6.07) is 0. The van der Waals surface area contributed by atoms with Gasteiger partial charge in [-0.2, -0.15) is 17.2 Å². The van der Waals surface area contributed by atoms with Crippen LogP contribution in [-0.4, -0.2) is 60.9 Å². The molecule has 6 aliphatic rings. The van der Waals surface area contributed by atoms with E-state index in [1.165, 1.54) is 0 Å². The van der Waals surface area contributed by atoms with E-state index in [0.717, 1.165) is 51.4 Å². The molecule has 9 nitrogen and oxygen atoms in total. The van der Waals surface area contributed by atoms with Crippen molar-refractivity contribution in [2.24, 2.45) is 23.7 Å². The van der Waals surface area contributed by atoms with Crippen LogP contribution in [0.5, 0.6) is 0 Å². The molecule has 1 aliphatic heterocycles. The molecule has 5 aliphatic carbocycles. The van der Waals surface area contributed by atoms with Crippen molar-refractivity contribution in [3.05, 3.63) is 0 Å². The third kappa shape index (κ3) is 4.14. The first-order valence-electron chi connectivity index (χ1n) is 12.0. The maximum Gasteiger partial charge on any atom is 0.402 e. The number of halogens is 2. The van der Waals surface area contributed by atoms with Gasteiger partial charge in [-0.15, -0.1) is 0 Å². The van der Waals surface area contributed by atoms with Crippen molar-refractivity contribution in [1.29, 1.82) is 0 Å². The van der Waals surface area contributed by atoms with Gasteiger partial charge in [0.25, 0.3) is 0 Å². The molecule has 3 unspecified atom stereocenters. The molecule has 192 valence electrons. The number of hydrogen-bond acceptors (Lipinski definition) is 8. The van der Waals surface area contributed by atoms with Crippen molar-refractivity contribution in [3.63, 3.8) is 0 Å². The Morgan fingerprint density at radius 3 is 2.29 bits per heavy atom. The molecular weight excluding hydrogens is 478 g/mol. The van der Waals surface area contributed by atoms with Crippen molar-refractivity contribution >= 4 is 22.1 Å². The minimum atomic E-state index is -5.71. The number of ether oxygens (including phenoxy) is 4. The van der Waals surface area contributed by atoms with Crippen LogP contribution in [0.3, 0.4) is 0 Å². The van der Waals surface area contributed by atoms with Crippen molar-refractivity contribution < 1.29 is 50.3 Å². The first-order chi connectivity index (χ1) is 15.9. The molecule has 0 amide bonds. The Morgan fingerprint density at radius 2 is 1.68 bits per heavy atom. The highest BCUT2D eigenvalue weighted by molar-refractivity contribution is 7.86. The van der Waals surface area contributed by atoms with Crippen LogP contribution in [0.1, 0.15) is 64.2 Å². The van der Waals surface area contributed by atoms with Gasteiger partial charge in [0.05, 0.1) is 12.5 Å². The van der Waals surface area contributed by atoms with Gasteiger partial charge in [-0.1, -0.05) is 19.3 Å². The summed E-state index contributed by atoms with van der Waals surface area (Å²) in [7, 11) is -5.71. The third-order valence-corrected chi connectivity index (χ3v) is 9.21. The average Bonchev–Trinajstić information content (AvgIpc) is 3.22. The molecule has 1 saturated heterocycles. The molecule has 1 N–H and O–H groups in total. The summed E-state index contributed by atoms with van der Waals surface area (Å²) in [5, 5.41) is -4.61. The number of rotatable bonds is 6. The zero-order valence-corrected chi connectivity index (χ0v) is 19.6. The Kier molecular flexibility index (Phi) is 5.97. The summed E-state index contributed by atoms with van der Waals surface area (Å²) in [6.07, 6.45) is 7.18. The van der Waals surface area contributed by atoms with Gasteiger partial charge >= 0.3 is 27.3 Å². The van der Waals surface area contributed by atoms with Crippen molar-refractivity contribution in [2.45, 2.75) is 87.0 Å². The van der Waals surface area contributed by atoms with Gasteiger partial charge in [0.1, 0.15) is 5.60 Å². The van der Waals surface area contributed by atoms with Crippen molar-refractivity contribution in [1.82, 2.24) is 0 Å². The second-order valence-corrected chi connectivity index (χ2v) is 12.2. The molecule has 0 aromatic rings. The standard InChI is InChI=1S/C22H30F2O9S/c23-21(24,34(27,28)29)12-30-19(26)17-11-31-22(32-17)15-6-13-7-16(22)10-20(8-13,9-15)33-18(25)14-4-2-1-3-5-14/h13-17H,1-12H2,(H,27,28,29). The fourth-order valence-corrected chi connectivity index (χ4v) is 7.19. The molecule has 1 spiro atoms. The van der Waals surface area contributed by atoms with Gasteiger partial charge < -0.3 is 18.9 Å². The van der Waals surface area contributed by atoms with E-state index in [9.17, 15) is 26.8 Å². The number of hydrogen-bond donors (Lipinski definition) is 1. The van der Waals surface area contributed by atoms with E-state index in [1.54, 1.807) is 0 Å². The third-order valence-electron chi connectivity index (χ3n) is 8.34. The summed E-state index contributed by atoms with van der Waals surface area (Å²) < 4.78 is 79.5. The molecule has 5 saturated carbocycles. The highest BCUT2D eigenvalue weighted by Gasteiger charge is 2.68. The Balaban J connectivity index is 1.23. The smallest absolute Gasteiger partial charge is 0.402 e. The molecule has 6 rings (SSSR count). The largest absolute Gasteiger partial charge is 0.459 e. The van der Waals surface area contributed by atoms with Gasteiger partial charge in [-0.05, 0) is 50.9 Å². The van der Waals surface area contributed by atoms with Crippen LogP contribution in [0.25, 0.3) is 0 Å². The van der Waals surface area contributed by atoms with Gasteiger partial charge in [-0.3, -0.25) is 9.35 Å². The van der Waals surface area contributed by atoms with Crippen molar-refractivity contribution in [2.75, 3.05) is 13.2 Å². The van der Waals surface area contributed by atoms with E-state index < -0.39 is 45.4 Å². The zero-order valence-electron chi connectivity index (χ0n) is 18.7. The lowest BCUT2D eigenvalue weighted by atomic mass is 9.51. The van der Waals surface area contributed by atoms with E-state index in [0.29, 0.717) is 18.8 Å². The van der Waals surface area contributed by atoms with Crippen LogP contribution < -0.4 is 0 Å². The summed E-state index contributed by atoms with van der Waals surface area (Å²) >= 11 is 0. The number of carbonyl (C=O) groups is 2. The number of esters is 2. The zero-order chi connectivity index (χ0) is 24.4. The SMILES string of the molecule is O=C(OC12CC3CC(C1)C1(OCC(C(=O)OCC(F)(F)S(=O)(=O)O)O1)C(C3)C2)C1CCCCC1. The van der Waals surface area contributed by atoms with Gasteiger partial charge in [0, 0.05) is 11.8 Å². The molecule has 0 aromatic heterocycles. The molecule has 0 aromatic carbocycles. The van der Waals surface area contributed by atoms with Crippen molar-refractivity contribution in [3.8, 4) is 0 Å². The van der Waals surface area contributed by atoms with E-state index in [-0.39, 0.29) is 30.3 Å². The van der Waals surface area contributed by atoms with Crippen LogP contribution in [0.4, 0.5) is 8.78 Å². The lowest BCUT2D eigenvalue weighted by Gasteiger charge is -2.62. The first-order valence-corrected chi connectivity index (χ1v) is 13.4. The minimum absolute atomic E-state index is 0.0466. The van der Waals surface area contributed by atoms with E-state index in [2.05, 4.69) is 4.74 Å². The highest BCUT2D eigenvalue weighted by Crippen LogP contribution is 2.64. The number of alkyl halides is 2. The maximum absolute atomic E-state index is 13.4. The monoisotopic (exact) mass is 508 g/mol. The molecule has 1 heterocycles. The van der Waals surface area contributed by atoms with E-state index >= 15 is 0 Å². The fraction of sp³-hybridized carbons (Fsp3) is 0.909. The minimum Gasteiger partial charge on any atom is -0.459 e. The quantitative estimate of drug-likeness (QED) is 0.426. The molecule has 6 fully saturated rings. The van der Waals surface area contributed by atoms with E-state index in [4.69, 9.17) is 18.8 Å². The molecular formula is C22H30F2O9S. The van der Waals surface area contributed by atoms with Crippen LogP contribution in [-0.2, 0) is 38.7 Å². The van der Waals surface area contributed by atoms with Crippen LogP contribution in [0.2, 0.25) is 0 Å². The molecule has 4 bridgehead atoms. The Morgan fingerprint density at radius 1 is 1.03 bits per heavy atom. The summed E-state index contributed by atoms with van der Waals surface area (Å²) in [6.45, 7) is -2.02. The Labute approximate surface area is 196 Å². The predicted octanol–water partition coefficient (Wildman–Crippen LogP) is 2.82. The first kappa shape index (κ1) is 24.3. The van der Waals surface area contributed by atoms with E-state index in [1.807, 2.05) is 0 Å². The maximum atomic E-state index is 13.4. The average molecular weight is 509 g/mol. The second-order valence-electron chi connectivity index (χ2n) is 10.6.